The van der Waals surface area contributed by atoms with Crippen molar-refractivity contribution in [3.05, 3.63) is 84.4 Å². The molecule has 2 atom stereocenters. The quantitative estimate of drug-likeness (QED) is 0.145. The number of hydrogen-bond acceptors (Lipinski definition) is 9. The molecule has 41 heavy (non-hydrogen) atoms. The molecule has 3 aromatic rings. The molecule has 1 aliphatic rings. The van der Waals surface area contributed by atoms with E-state index in [2.05, 4.69) is 64.7 Å². The Morgan fingerprint density at radius 2 is 1.51 bits per heavy atom. The first-order valence-electron chi connectivity index (χ1n) is 13.1. The van der Waals surface area contributed by atoms with Crippen LogP contribution >= 0.6 is 0 Å². The Balaban J connectivity index is 0.000000358. The van der Waals surface area contributed by atoms with E-state index in [0.717, 1.165) is 24.0 Å². The predicted molar refractivity (Wildman–Crippen MR) is 157 cm³/mol. The minimum Gasteiger partial charge on any atom is -0.546 e. The number of aliphatic hydroxyl groups excluding tert-OH is 1. The molecular weight excluding hydrogens is 522 g/mol. The lowest BCUT2D eigenvalue weighted by molar-refractivity contribution is -0.400. The fourth-order valence-corrected chi connectivity index (χ4v) is 4.10. The number of carbonyl (C=O) groups excluding carboxylic acids is 2. The Bertz CT molecular complexity index is 1450. The maximum absolute atomic E-state index is 10.5. The van der Waals surface area contributed by atoms with Crippen molar-refractivity contribution < 1.29 is 29.1 Å². The minimum absolute atomic E-state index is 0.0859. The number of aliphatic hydroxyl groups is 1. The van der Waals surface area contributed by atoms with Gasteiger partial charge in [-0.1, -0.05) is 36.4 Å². The summed E-state index contributed by atoms with van der Waals surface area (Å²) in [4.78, 5) is 20.5. The van der Waals surface area contributed by atoms with Crippen molar-refractivity contribution in [3.8, 4) is 0 Å². The Hall–Kier alpha value is -4.70. The summed E-state index contributed by atoms with van der Waals surface area (Å²) < 4.78 is 6.44. The van der Waals surface area contributed by atoms with Crippen molar-refractivity contribution in [3.63, 3.8) is 0 Å². The molecule has 2 unspecified atom stereocenters. The highest BCUT2D eigenvalue weighted by Gasteiger charge is 2.43. The van der Waals surface area contributed by atoms with Crippen LogP contribution in [-0.2, 0) is 19.7 Å². The molecule has 1 aliphatic heterocycles. The summed E-state index contributed by atoms with van der Waals surface area (Å²) in [5.74, 6) is -2.46. The summed E-state index contributed by atoms with van der Waals surface area (Å²) in [7, 11) is 4.05. The van der Waals surface area contributed by atoms with Crippen LogP contribution in [0.25, 0.3) is 0 Å². The smallest absolute Gasteiger partial charge is 0.335 e. The first-order chi connectivity index (χ1) is 19.4. The fraction of sp³-hybridized carbons (Fsp3) is 0.290. The zero-order valence-corrected chi connectivity index (χ0v) is 24.1. The highest BCUT2D eigenvalue weighted by molar-refractivity contribution is 6.33. The van der Waals surface area contributed by atoms with E-state index in [4.69, 9.17) is 10.2 Å². The lowest BCUT2D eigenvalue weighted by atomic mass is 9.82. The van der Waals surface area contributed by atoms with E-state index in [1.807, 2.05) is 72.9 Å². The van der Waals surface area contributed by atoms with Crippen LogP contribution in [0.15, 0.2) is 94.2 Å². The minimum atomic E-state index is -1.49. The SMILES string of the molecule is CC(O)C(=O)OC(C)C(=O)[O-].CN(N=CC1=[N+](C)c2ccccc2C1(C)C)c1ccc(N=Nc2ccccc2)cc1. The monoisotopic (exact) mass is 557 g/mol. The highest BCUT2D eigenvalue weighted by atomic mass is 16.6. The zero-order chi connectivity index (χ0) is 30.2. The normalized spacial score (nSPS) is 15.2. The molecule has 214 valence electrons. The van der Waals surface area contributed by atoms with Crippen molar-refractivity contribution in [1.29, 1.82) is 0 Å². The van der Waals surface area contributed by atoms with Gasteiger partial charge >= 0.3 is 5.97 Å². The van der Waals surface area contributed by atoms with Crippen LogP contribution in [0.1, 0.15) is 33.3 Å². The van der Waals surface area contributed by atoms with Crippen LogP contribution in [0.2, 0.25) is 0 Å². The number of azo groups is 1. The molecule has 0 radical (unpaired) electrons. The molecule has 0 fully saturated rings. The van der Waals surface area contributed by atoms with E-state index in [1.54, 1.807) is 0 Å². The maximum Gasteiger partial charge on any atom is 0.335 e. The summed E-state index contributed by atoms with van der Waals surface area (Å²) in [6.07, 6.45) is -0.669. The number of hydrogen-bond donors (Lipinski definition) is 1. The van der Waals surface area contributed by atoms with Gasteiger partial charge in [0.1, 0.15) is 25.5 Å². The molecule has 0 aliphatic carbocycles. The van der Waals surface area contributed by atoms with Gasteiger partial charge in [-0.3, -0.25) is 5.01 Å². The van der Waals surface area contributed by atoms with Crippen LogP contribution in [-0.4, -0.2) is 59.9 Å². The van der Waals surface area contributed by atoms with E-state index in [0.29, 0.717) is 0 Å². The molecule has 0 spiro atoms. The molecule has 10 nitrogen and oxygen atoms in total. The molecule has 0 bridgehead atoms. The van der Waals surface area contributed by atoms with E-state index in [9.17, 15) is 14.7 Å². The number of carbonyl (C=O) groups is 2. The molecule has 0 aromatic heterocycles. The third-order valence-electron chi connectivity index (χ3n) is 6.52. The van der Waals surface area contributed by atoms with Gasteiger partial charge in [-0.25, -0.2) is 4.79 Å². The Kier molecular flexibility index (Phi) is 10.2. The van der Waals surface area contributed by atoms with Gasteiger partial charge < -0.3 is 19.7 Å². The van der Waals surface area contributed by atoms with Crippen molar-refractivity contribution >= 4 is 46.6 Å². The van der Waals surface area contributed by atoms with Crippen molar-refractivity contribution in [2.24, 2.45) is 15.3 Å². The number of benzene rings is 3. The highest BCUT2D eigenvalue weighted by Crippen LogP contribution is 2.38. The van der Waals surface area contributed by atoms with Gasteiger partial charge in [-0.2, -0.15) is 19.9 Å². The second kappa shape index (κ2) is 13.6. The number of para-hydroxylation sites is 1. The van der Waals surface area contributed by atoms with Crippen molar-refractivity contribution in [2.45, 2.75) is 45.3 Å². The van der Waals surface area contributed by atoms with Crippen LogP contribution in [0, 0.1) is 0 Å². The summed E-state index contributed by atoms with van der Waals surface area (Å²) >= 11 is 0. The molecule has 1 N–H and O–H groups in total. The molecule has 0 saturated heterocycles. The lowest BCUT2D eigenvalue weighted by Crippen LogP contribution is -2.38. The zero-order valence-electron chi connectivity index (χ0n) is 24.1. The fourth-order valence-electron chi connectivity index (χ4n) is 4.10. The summed E-state index contributed by atoms with van der Waals surface area (Å²) in [5.41, 5.74) is 6.28. The Morgan fingerprint density at radius 1 is 0.951 bits per heavy atom. The van der Waals surface area contributed by atoms with Gasteiger partial charge in [-0.05, 0) is 64.1 Å². The largest absolute Gasteiger partial charge is 0.546 e. The van der Waals surface area contributed by atoms with Gasteiger partial charge in [0.15, 0.2) is 0 Å². The number of nitrogens with zero attached hydrogens (tertiary/aromatic N) is 5. The average Bonchev–Trinajstić information content (AvgIpc) is 3.16. The predicted octanol–water partition coefficient (Wildman–Crippen LogP) is 4.28. The average molecular weight is 558 g/mol. The van der Waals surface area contributed by atoms with E-state index in [-0.39, 0.29) is 5.41 Å². The van der Waals surface area contributed by atoms with Gasteiger partial charge in [0.25, 0.3) is 0 Å². The summed E-state index contributed by atoms with van der Waals surface area (Å²) in [6.45, 7) is 6.81. The molecule has 0 saturated carbocycles. The van der Waals surface area contributed by atoms with Gasteiger partial charge in [0, 0.05) is 18.7 Å². The van der Waals surface area contributed by atoms with E-state index in [1.165, 1.54) is 23.9 Å². The maximum atomic E-state index is 10.5. The molecule has 3 aromatic carbocycles. The summed E-state index contributed by atoms with van der Waals surface area (Å²) in [6, 6.07) is 26.1. The first kappa shape index (κ1) is 30.8. The summed E-state index contributed by atoms with van der Waals surface area (Å²) in [5, 5.41) is 33.7. The number of fused-ring (bicyclic) bond motifs is 1. The van der Waals surface area contributed by atoms with E-state index >= 15 is 0 Å². The van der Waals surface area contributed by atoms with Gasteiger partial charge in [-0.15, -0.1) is 0 Å². The second-order valence-electron chi connectivity index (χ2n) is 9.98. The van der Waals surface area contributed by atoms with Crippen LogP contribution < -0.4 is 10.1 Å². The number of anilines is 1. The van der Waals surface area contributed by atoms with E-state index < -0.39 is 24.1 Å². The van der Waals surface area contributed by atoms with Crippen LogP contribution in [0.3, 0.4) is 0 Å². The first-order valence-corrected chi connectivity index (χ1v) is 13.1. The molecule has 0 amide bonds. The number of aliphatic carboxylic acids is 1. The second-order valence-corrected chi connectivity index (χ2v) is 9.98. The van der Waals surface area contributed by atoms with Crippen LogP contribution in [0.4, 0.5) is 22.7 Å². The number of hydrazone groups is 1. The molecule has 1 heterocycles. The standard InChI is InChI=1S/C25H26N5.C6H10O5/c1-25(2)22-12-8-9-13-23(22)29(3)24(25)18-26-30(4)21-16-14-20(15-17-21)28-27-19-10-6-5-7-11-19;1-3(7)6(10)11-4(2)5(8)9/h5-18H,1-4H3;3-4,7H,1-2H3,(H,8,9)/q+1;/p-1. The lowest BCUT2D eigenvalue weighted by Gasteiger charge is -2.16. The molecular formula is C31H35N5O5. The third kappa shape index (κ3) is 7.92. The number of carboxylic acid groups (broad SMARTS) is 1. The van der Waals surface area contributed by atoms with Crippen molar-refractivity contribution in [1.82, 2.24) is 0 Å². The topological polar surface area (TPSA) is 130 Å². The van der Waals surface area contributed by atoms with Gasteiger partial charge in [0.05, 0.1) is 28.4 Å². The molecule has 10 heteroatoms. The van der Waals surface area contributed by atoms with Crippen LogP contribution in [0.5, 0.6) is 0 Å². The van der Waals surface area contributed by atoms with Gasteiger partial charge in [0.2, 0.25) is 11.4 Å². The number of ether oxygens (including phenoxy) is 1. The number of esters is 1. The van der Waals surface area contributed by atoms with Crippen molar-refractivity contribution in [2.75, 3.05) is 19.1 Å². The number of carboxylic acids is 1. The molecule has 4 rings (SSSR count). The Morgan fingerprint density at radius 3 is 2.07 bits per heavy atom. The Labute approximate surface area is 239 Å². The third-order valence-corrected chi connectivity index (χ3v) is 6.52. The number of rotatable bonds is 8.